The zero-order valence-corrected chi connectivity index (χ0v) is 26.9. The molecule has 1 aliphatic heterocycles. The van der Waals surface area contributed by atoms with Gasteiger partial charge in [0.1, 0.15) is 0 Å². The summed E-state index contributed by atoms with van der Waals surface area (Å²) in [6.07, 6.45) is -2.23. The number of Topliss-reactive ketones (excluding diaryl/α,β-unsaturated/α-hetero) is 1. The van der Waals surface area contributed by atoms with E-state index in [0.717, 1.165) is 17.5 Å². The van der Waals surface area contributed by atoms with Crippen LogP contribution in [0.4, 0.5) is 10.5 Å². The third-order valence-corrected chi connectivity index (χ3v) is 9.53. The van der Waals surface area contributed by atoms with Crippen molar-refractivity contribution in [1.82, 2.24) is 9.62 Å². The Hall–Kier alpha value is -4.06. The van der Waals surface area contributed by atoms with Gasteiger partial charge in [-0.15, -0.1) is 0 Å². The predicted octanol–water partition coefficient (Wildman–Crippen LogP) is 4.21. The number of amides is 2. The lowest BCUT2D eigenvalue weighted by molar-refractivity contribution is -0.129. The topological polar surface area (TPSA) is 133 Å². The fourth-order valence-electron chi connectivity index (χ4n) is 5.19. The average Bonchev–Trinajstić information content (AvgIpc) is 3.42. The number of ketones is 1. The predicted molar refractivity (Wildman–Crippen MR) is 172 cm³/mol. The number of cyclic esters (lactones) is 1. The molecule has 3 atom stereocenters. The first-order chi connectivity index (χ1) is 21.4. The number of rotatable bonds is 14. The Balaban J connectivity index is 1.55. The van der Waals surface area contributed by atoms with Gasteiger partial charge in [-0.1, -0.05) is 75.4 Å². The molecule has 1 saturated heterocycles. The minimum Gasteiger partial charge on any atom is -0.434 e. The van der Waals surface area contributed by atoms with Gasteiger partial charge >= 0.3 is 6.09 Å². The second-order valence-corrected chi connectivity index (χ2v) is 13.6. The van der Waals surface area contributed by atoms with Crippen molar-refractivity contribution < 1.29 is 32.6 Å². The van der Waals surface area contributed by atoms with Crippen LogP contribution in [0, 0.1) is 5.92 Å². The van der Waals surface area contributed by atoms with Gasteiger partial charge in [0.2, 0.25) is 10.0 Å². The highest BCUT2D eigenvalue weighted by Gasteiger charge is 2.39. The van der Waals surface area contributed by atoms with Crippen molar-refractivity contribution in [1.29, 1.82) is 0 Å². The van der Waals surface area contributed by atoms with Gasteiger partial charge in [-0.05, 0) is 61.1 Å². The number of hydrogen-bond donors (Lipinski definition) is 2. The molecular formula is C34H41N3O7S. The monoisotopic (exact) mass is 635 g/mol. The number of sulfonamides is 1. The lowest BCUT2D eigenvalue weighted by atomic mass is 10.0. The molecule has 0 aromatic heterocycles. The van der Waals surface area contributed by atoms with Crippen LogP contribution in [-0.4, -0.2) is 73.5 Å². The highest BCUT2D eigenvalue weighted by Crippen LogP contribution is 2.24. The Labute approximate surface area is 265 Å². The number of ether oxygens (including phenoxy) is 1. The molecule has 0 unspecified atom stereocenters. The van der Waals surface area contributed by atoms with E-state index in [2.05, 4.69) is 5.32 Å². The summed E-state index contributed by atoms with van der Waals surface area (Å²) in [4.78, 5) is 39.5. The van der Waals surface area contributed by atoms with Crippen molar-refractivity contribution in [3.63, 3.8) is 0 Å². The third kappa shape index (κ3) is 8.56. The van der Waals surface area contributed by atoms with Crippen LogP contribution in [0.3, 0.4) is 0 Å². The van der Waals surface area contributed by atoms with Crippen LogP contribution in [0.1, 0.15) is 49.2 Å². The highest BCUT2D eigenvalue weighted by atomic mass is 32.2. The molecule has 1 fully saturated rings. The van der Waals surface area contributed by atoms with Crippen LogP contribution in [0.2, 0.25) is 0 Å². The van der Waals surface area contributed by atoms with Crippen molar-refractivity contribution in [2.24, 2.45) is 5.92 Å². The number of nitrogens with one attached hydrogen (secondary N) is 1. The molecule has 10 nitrogen and oxygen atoms in total. The van der Waals surface area contributed by atoms with E-state index in [1.165, 1.54) is 16.1 Å². The van der Waals surface area contributed by atoms with Crippen LogP contribution in [-0.2, 0) is 32.4 Å². The van der Waals surface area contributed by atoms with E-state index in [-0.39, 0.29) is 42.7 Å². The molecule has 0 radical (unpaired) electrons. The first kappa shape index (κ1) is 33.8. The van der Waals surface area contributed by atoms with Crippen LogP contribution in [0.5, 0.6) is 0 Å². The van der Waals surface area contributed by atoms with Crippen LogP contribution in [0.15, 0.2) is 83.8 Å². The van der Waals surface area contributed by atoms with Gasteiger partial charge in [0.05, 0.1) is 23.6 Å². The molecule has 3 aromatic rings. The van der Waals surface area contributed by atoms with Gasteiger partial charge in [-0.3, -0.25) is 14.5 Å². The molecule has 11 heteroatoms. The van der Waals surface area contributed by atoms with Crippen molar-refractivity contribution in [2.45, 2.75) is 63.7 Å². The number of carbonyl (C=O) groups is 3. The number of nitrogens with zero attached hydrogens (tertiary/aromatic N) is 2. The molecular weight excluding hydrogens is 594 g/mol. The Kier molecular flexibility index (Phi) is 11.1. The summed E-state index contributed by atoms with van der Waals surface area (Å²) in [5.74, 6) is -0.820. The smallest absolute Gasteiger partial charge is 0.415 e. The van der Waals surface area contributed by atoms with Crippen molar-refractivity contribution in [3.05, 3.63) is 95.6 Å². The maximum absolute atomic E-state index is 13.7. The Morgan fingerprint density at radius 1 is 1.00 bits per heavy atom. The van der Waals surface area contributed by atoms with Crippen LogP contribution >= 0.6 is 0 Å². The largest absolute Gasteiger partial charge is 0.434 e. The molecule has 2 amide bonds. The quantitative estimate of drug-likeness (QED) is 0.254. The van der Waals surface area contributed by atoms with E-state index in [1.54, 1.807) is 48.5 Å². The average molecular weight is 636 g/mol. The molecule has 0 aliphatic carbocycles. The number of hydrogen-bond acceptors (Lipinski definition) is 7. The van der Waals surface area contributed by atoms with E-state index in [9.17, 15) is 27.9 Å². The van der Waals surface area contributed by atoms with E-state index in [0.29, 0.717) is 11.3 Å². The summed E-state index contributed by atoms with van der Waals surface area (Å²) in [7, 11) is -3.96. The fraction of sp³-hybridized carbons (Fsp3) is 0.382. The second kappa shape index (κ2) is 14.8. The van der Waals surface area contributed by atoms with Gasteiger partial charge < -0.3 is 15.2 Å². The lowest BCUT2D eigenvalue weighted by Gasteiger charge is -2.31. The second-order valence-electron chi connectivity index (χ2n) is 11.7. The first-order valence-electron chi connectivity index (χ1n) is 15.1. The van der Waals surface area contributed by atoms with E-state index in [4.69, 9.17) is 4.74 Å². The van der Waals surface area contributed by atoms with E-state index in [1.807, 2.05) is 51.1 Å². The minimum absolute atomic E-state index is 0.0329. The van der Waals surface area contributed by atoms with Crippen molar-refractivity contribution in [2.75, 3.05) is 24.5 Å². The SMILES string of the molecule is CCc1ccc(S(=O)(=O)N(CC(C)C)C[C@@H](O)[C@H](Cc2ccccc2)NC(=O)[C@@H]2CN(c3cccc(C(C)=O)c3)C(=O)O2)cc1. The van der Waals surface area contributed by atoms with Crippen LogP contribution < -0.4 is 10.2 Å². The summed E-state index contributed by atoms with van der Waals surface area (Å²) in [6.45, 7) is 7.00. The first-order valence-corrected chi connectivity index (χ1v) is 16.5. The standard InChI is InChI=1S/C34H41N3O7S/c1-5-25-14-16-29(17-15-25)45(42,43)36(20-23(2)3)21-31(39)30(18-26-10-7-6-8-11-26)35-33(40)32-22-37(34(41)44-32)28-13-9-12-27(19-28)24(4)38/h6-17,19,23,30-32,39H,5,18,20-22H2,1-4H3,(H,35,40)/t30-,31+,32-/m0/s1. The lowest BCUT2D eigenvalue weighted by Crippen LogP contribution is -2.53. The van der Waals surface area contributed by atoms with Gasteiger partial charge in [0.15, 0.2) is 11.9 Å². The third-order valence-electron chi connectivity index (χ3n) is 7.69. The zero-order valence-electron chi connectivity index (χ0n) is 26.0. The Morgan fingerprint density at radius 3 is 2.31 bits per heavy atom. The number of carbonyl (C=O) groups excluding carboxylic acids is 3. The highest BCUT2D eigenvalue weighted by molar-refractivity contribution is 7.89. The Morgan fingerprint density at radius 2 is 1.69 bits per heavy atom. The molecule has 0 bridgehead atoms. The molecule has 1 heterocycles. The van der Waals surface area contributed by atoms with Gasteiger partial charge in [-0.25, -0.2) is 13.2 Å². The fourth-order valence-corrected chi connectivity index (χ4v) is 6.81. The summed E-state index contributed by atoms with van der Waals surface area (Å²) < 4.78 is 34.1. The van der Waals surface area contributed by atoms with Crippen molar-refractivity contribution >= 4 is 33.5 Å². The molecule has 1 aliphatic rings. The van der Waals surface area contributed by atoms with Gasteiger partial charge in [-0.2, -0.15) is 4.31 Å². The maximum Gasteiger partial charge on any atom is 0.415 e. The molecule has 3 aromatic carbocycles. The molecule has 2 N–H and O–H groups in total. The number of benzene rings is 3. The van der Waals surface area contributed by atoms with Crippen LogP contribution in [0.25, 0.3) is 0 Å². The minimum atomic E-state index is -3.96. The van der Waals surface area contributed by atoms with E-state index < -0.39 is 40.3 Å². The summed E-state index contributed by atoms with van der Waals surface area (Å²) in [5.41, 5.74) is 2.67. The zero-order chi connectivity index (χ0) is 32.7. The van der Waals surface area contributed by atoms with E-state index >= 15 is 0 Å². The summed E-state index contributed by atoms with van der Waals surface area (Å²) in [5, 5.41) is 14.4. The normalized spacial score (nSPS) is 16.5. The molecule has 0 spiro atoms. The van der Waals surface area contributed by atoms with Gasteiger partial charge in [0.25, 0.3) is 5.91 Å². The maximum atomic E-state index is 13.7. The molecule has 0 saturated carbocycles. The number of aryl methyl sites for hydroxylation is 1. The van der Waals surface area contributed by atoms with Crippen molar-refractivity contribution in [3.8, 4) is 0 Å². The summed E-state index contributed by atoms with van der Waals surface area (Å²) in [6, 6.07) is 21.5. The van der Waals surface area contributed by atoms with Gasteiger partial charge in [0, 0.05) is 24.3 Å². The Bertz CT molecular complexity index is 1590. The number of anilines is 1. The molecule has 45 heavy (non-hydrogen) atoms. The number of aliphatic hydroxyl groups is 1. The summed E-state index contributed by atoms with van der Waals surface area (Å²) >= 11 is 0. The number of aliphatic hydroxyl groups excluding tert-OH is 1. The molecule has 240 valence electrons. The molecule has 4 rings (SSSR count).